The fourth-order valence-electron chi connectivity index (χ4n) is 1.58. The van der Waals surface area contributed by atoms with Crippen LogP contribution in [0.2, 0.25) is 0 Å². The molecule has 0 aliphatic heterocycles. The number of benzene rings is 1. The number of aryl methyl sites for hydroxylation is 1. The maximum atomic E-state index is 10.4. The molecule has 0 saturated heterocycles. The summed E-state index contributed by atoms with van der Waals surface area (Å²) < 4.78 is 5.59. The third-order valence-electron chi connectivity index (χ3n) is 2.53. The minimum Gasteiger partial charge on any atom is -0.550 e. The third-order valence-corrected chi connectivity index (χ3v) is 3.49. The molecule has 0 amide bonds. The summed E-state index contributed by atoms with van der Waals surface area (Å²) in [5.74, 6) is -0.273. The lowest BCUT2D eigenvalue weighted by molar-refractivity contribution is -0.304. The average molecular weight is 276 g/mol. The Morgan fingerprint density at radius 3 is 2.79 bits per heavy atom. The van der Waals surface area contributed by atoms with Gasteiger partial charge in [0.25, 0.3) is 0 Å². The molecule has 0 saturated carbocycles. The van der Waals surface area contributed by atoms with E-state index < -0.39 is 5.97 Å². The zero-order chi connectivity index (χ0) is 13.7. The molecule has 0 spiro atoms. The van der Waals surface area contributed by atoms with E-state index in [0.717, 1.165) is 10.8 Å². The molecule has 4 nitrogen and oxygen atoms in total. The number of thiazole rings is 1. The van der Waals surface area contributed by atoms with Crippen LogP contribution in [0, 0.1) is 6.92 Å². The van der Waals surface area contributed by atoms with Gasteiger partial charge in [0.15, 0.2) is 0 Å². The van der Waals surface area contributed by atoms with Crippen LogP contribution in [0.3, 0.4) is 0 Å². The SMILES string of the molecule is Cc1ccc(OCCc2nc(CC(=O)[O-])cs2)cc1. The molecule has 1 aromatic heterocycles. The highest BCUT2D eigenvalue weighted by molar-refractivity contribution is 7.09. The van der Waals surface area contributed by atoms with Crippen LogP contribution >= 0.6 is 11.3 Å². The minimum atomic E-state index is -1.10. The molecule has 100 valence electrons. The number of carbonyl (C=O) groups excluding carboxylic acids is 1. The van der Waals surface area contributed by atoms with Crippen molar-refractivity contribution in [1.29, 1.82) is 0 Å². The Hall–Kier alpha value is -1.88. The first-order valence-electron chi connectivity index (χ1n) is 5.96. The van der Waals surface area contributed by atoms with Gasteiger partial charge in [-0.2, -0.15) is 0 Å². The average Bonchev–Trinajstić information content (AvgIpc) is 2.78. The number of aliphatic carboxylic acids is 1. The Balaban J connectivity index is 1.80. The fraction of sp³-hybridized carbons (Fsp3) is 0.286. The normalized spacial score (nSPS) is 10.4. The summed E-state index contributed by atoms with van der Waals surface area (Å²) >= 11 is 1.45. The largest absolute Gasteiger partial charge is 0.550 e. The summed E-state index contributed by atoms with van der Waals surface area (Å²) in [5, 5.41) is 13.1. The summed E-state index contributed by atoms with van der Waals surface area (Å²) in [6, 6.07) is 7.85. The highest BCUT2D eigenvalue weighted by Crippen LogP contribution is 2.14. The molecular weight excluding hydrogens is 262 g/mol. The Labute approximate surface area is 115 Å². The first kappa shape index (κ1) is 13.5. The van der Waals surface area contributed by atoms with Crippen LogP contribution in [-0.4, -0.2) is 17.6 Å². The zero-order valence-electron chi connectivity index (χ0n) is 10.6. The molecule has 0 N–H and O–H groups in total. The van der Waals surface area contributed by atoms with Gasteiger partial charge >= 0.3 is 0 Å². The van der Waals surface area contributed by atoms with Gasteiger partial charge in [-0.3, -0.25) is 0 Å². The summed E-state index contributed by atoms with van der Waals surface area (Å²) in [5.41, 5.74) is 1.74. The smallest absolute Gasteiger partial charge is 0.119 e. The van der Waals surface area contributed by atoms with Crippen LogP contribution in [0.25, 0.3) is 0 Å². The number of carboxylic acid groups (broad SMARTS) is 1. The number of aromatic nitrogens is 1. The second kappa shape index (κ2) is 6.33. The lowest BCUT2D eigenvalue weighted by Gasteiger charge is -2.04. The van der Waals surface area contributed by atoms with Crippen LogP contribution in [0.4, 0.5) is 0 Å². The van der Waals surface area contributed by atoms with E-state index in [4.69, 9.17) is 4.74 Å². The number of nitrogens with zero attached hydrogens (tertiary/aromatic N) is 1. The van der Waals surface area contributed by atoms with E-state index in [9.17, 15) is 9.90 Å². The first-order chi connectivity index (χ1) is 9.13. The van der Waals surface area contributed by atoms with Gasteiger partial charge < -0.3 is 14.6 Å². The van der Waals surface area contributed by atoms with Gasteiger partial charge in [-0.15, -0.1) is 11.3 Å². The van der Waals surface area contributed by atoms with Crippen molar-refractivity contribution in [3.8, 4) is 5.75 Å². The first-order valence-corrected chi connectivity index (χ1v) is 6.84. The van der Waals surface area contributed by atoms with E-state index in [1.54, 1.807) is 5.38 Å². The van der Waals surface area contributed by atoms with E-state index in [1.165, 1.54) is 16.9 Å². The van der Waals surface area contributed by atoms with Gasteiger partial charge in [-0.1, -0.05) is 17.7 Å². The quantitative estimate of drug-likeness (QED) is 0.799. The van der Waals surface area contributed by atoms with Crippen LogP contribution in [0.15, 0.2) is 29.6 Å². The second-order valence-corrected chi connectivity index (χ2v) is 5.14. The van der Waals surface area contributed by atoms with Crippen LogP contribution < -0.4 is 9.84 Å². The molecule has 0 aliphatic rings. The number of rotatable bonds is 6. The van der Waals surface area contributed by atoms with Crippen molar-refractivity contribution in [3.63, 3.8) is 0 Å². The number of hydrogen-bond donors (Lipinski definition) is 0. The standard InChI is InChI=1S/C14H15NO3S/c1-10-2-4-12(5-3-10)18-7-6-13-15-11(9-19-13)8-14(16)17/h2-5,9H,6-8H2,1H3,(H,16,17)/p-1. The molecule has 0 fully saturated rings. The number of ether oxygens (including phenoxy) is 1. The van der Waals surface area contributed by atoms with Crippen molar-refractivity contribution in [2.24, 2.45) is 0 Å². The Morgan fingerprint density at radius 2 is 2.11 bits per heavy atom. The number of carboxylic acids is 1. The number of carbonyl (C=O) groups is 1. The third kappa shape index (κ3) is 4.37. The lowest BCUT2D eigenvalue weighted by atomic mass is 10.2. The molecular formula is C14H14NO3S-. The lowest BCUT2D eigenvalue weighted by Crippen LogP contribution is -2.24. The molecule has 0 bridgehead atoms. The molecule has 1 aromatic carbocycles. The maximum Gasteiger partial charge on any atom is 0.119 e. The predicted octanol–water partition coefficient (Wildman–Crippen LogP) is 1.37. The van der Waals surface area contributed by atoms with Crippen LogP contribution in [0.1, 0.15) is 16.3 Å². The van der Waals surface area contributed by atoms with Gasteiger partial charge in [-0.25, -0.2) is 4.98 Å². The van der Waals surface area contributed by atoms with E-state index in [0.29, 0.717) is 18.7 Å². The number of hydrogen-bond acceptors (Lipinski definition) is 5. The van der Waals surface area contributed by atoms with Crippen molar-refractivity contribution >= 4 is 17.3 Å². The molecule has 5 heteroatoms. The van der Waals surface area contributed by atoms with Gasteiger partial charge in [0.2, 0.25) is 0 Å². The van der Waals surface area contributed by atoms with E-state index >= 15 is 0 Å². The maximum absolute atomic E-state index is 10.4. The molecule has 0 atom stereocenters. The monoisotopic (exact) mass is 276 g/mol. The van der Waals surface area contributed by atoms with E-state index in [2.05, 4.69) is 4.98 Å². The highest BCUT2D eigenvalue weighted by Gasteiger charge is 2.03. The summed E-state index contributed by atoms with van der Waals surface area (Å²) in [7, 11) is 0. The molecule has 0 unspecified atom stereocenters. The van der Waals surface area contributed by atoms with Crippen molar-refractivity contribution in [2.45, 2.75) is 19.8 Å². The summed E-state index contributed by atoms with van der Waals surface area (Å²) in [4.78, 5) is 14.6. The van der Waals surface area contributed by atoms with E-state index in [1.807, 2.05) is 31.2 Å². The van der Waals surface area contributed by atoms with Gasteiger partial charge in [0.05, 0.1) is 17.3 Å². The molecule has 19 heavy (non-hydrogen) atoms. The topological polar surface area (TPSA) is 62.2 Å². The van der Waals surface area contributed by atoms with Crippen molar-refractivity contribution in [2.75, 3.05) is 6.61 Å². The van der Waals surface area contributed by atoms with Gasteiger partial charge in [0.1, 0.15) is 5.75 Å². The van der Waals surface area contributed by atoms with Crippen molar-refractivity contribution < 1.29 is 14.6 Å². The van der Waals surface area contributed by atoms with Crippen LogP contribution in [-0.2, 0) is 17.6 Å². The van der Waals surface area contributed by atoms with Gasteiger partial charge in [-0.05, 0) is 19.1 Å². The predicted molar refractivity (Wildman–Crippen MR) is 71.2 cm³/mol. The Bertz CT molecular complexity index is 548. The Kier molecular flexibility index (Phi) is 4.52. The van der Waals surface area contributed by atoms with E-state index in [-0.39, 0.29) is 6.42 Å². The molecule has 2 rings (SSSR count). The zero-order valence-corrected chi connectivity index (χ0v) is 11.4. The highest BCUT2D eigenvalue weighted by atomic mass is 32.1. The van der Waals surface area contributed by atoms with Crippen molar-refractivity contribution in [1.82, 2.24) is 4.98 Å². The van der Waals surface area contributed by atoms with Crippen molar-refractivity contribution in [3.05, 3.63) is 45.9 Å². The van der Waals surface area contributed by atoms with Crippen LogP contribution in [0.5, 0.6) is 5.75 Å². The Morgan fingerprint density at radius 1 is 1.37 bits per heavy atom. The fourth-order valence-corrected chi connectivity index (χ4v) is 2.36. The molecule has 2 aromatic rings. The minimum absolute atomic E-state index is 0.130. The summed E-state index contributed by atoms with van der Waals surface area (Å²) in [6.45, 7) is 2.56. The second-order valence-electron chi connectivity index (χ2n) is 4.19. The molecule has 0 radical (unpaired) electrons. The molecule has 0 aliphatic carbocycles. The summed E-state index contributed by atoms with van der Waals surface area (Å²) in [6.07, 6.45) is 0.543. The molecule has 1 heterocycles. The van der Waals surface area contributed by atoms with Gasteiger partial charge in [0, 0.05) is 24.2 Å².